The van der Waals surface area contributed by atoms with Gasteiger partial charge in [-0.2, -0.15) is 0 Å². The van der Waals surface area contributed by atoms with Gasteiger partial charge in [0.1, 0.15) is 0 Å². The minimum atomic E-state index is -0.408. The Bertz CT molecular complexity index is 450. The Hall–Kier alpha value is -1.06. The molecule has 0 aliphatic heterocycles. The van der Waals surface area contributed by atoms with Crippen LogP contribution in [-0.4, -0.2) is 4.40 Å². The average molecular weight is 199 g/mol. The van der Waals surface area contributed by atoms with Crippen molar-refractivity contribution in [2.45, 2.75) is 6.54 Å². The molecule has 13 heavy (non-hydrogen) atoms. The molecule has 68 valence electrons. The summed E-state index contributed by atoms with van der Waals surface area (Å²) in [6.45, 7) is 0.313. The summed E-state index contributed by atoms with van der Waals surface area (Å²) in [5, 5.41) is 0.126. The maximum absolute atomic E-state index is 13.5. The molecule has 0 aliphatic rings. The molecule has 0 aromatic carbocycles. The second kappa shape index (κ2) is 3.01. The molecule has 2 rings (SSSR count). The number of rotatable bonds is 1. The van der Waals surface area contributed by atoms with Gasteiger partial charge >= 0.3 is 0 Å². The molecule has 0 radical (unpaired) electrons. The lowest BCUT2D eigenvalue weighted by atomic mass is 10.2. The first-order chi connectivity index (χ1) is 6.24. The summed E-state index contributed by atoms with van der Waals surface area (Å²) in [5.74, 6) is -0.408. The van der Waals surface area contributed by atoms with Crippen molar-refractivity contribution in [1.82, 2.24) is 4.40 Å². The molecule has 0 spiro atoms. The molecule has 0 saturated heterocycles. The van der Waals surface area contributed by atoms with Gasteiger partial charge in [0.05, 0.1) is 10.5 Å². The first-order valence-corrected chi connectivity index (χ1v) is 4.25. The fourth-order valence-electron chi connectivity index (χ4n) is 1.36. The molecular weight excluding hydrogens is 191 g/mol. The van der Waals surface area contributed by atoms with Crippen molar-refractivity contribution in [1.29, 1.82) is 0 Å². The zero-order chi connectivity index (χ0) is 9.42. The van der Waals surface area contributed by atoms with Crippen LogP contribution in [0.1, 0.15) is 5.56 Å². The SMILES string of the molecule is NCc1ccn2ccc(Cl)c(F)c12. The number of pyridine rings is 1. The number of fused-ring (bicyclic) bond motifs is 1. The summed E-state index contributed by atoms with van der Waals surface area (Å²) >= 11 is 5.64. The number of hydrogen-bond donors (Lipinski definition) is 1. The predicted octanol–water partition coefficient (Wildman–Crippen LogP) is 2.19. The van der Waals surface area contributed by atoms with Crippen LogP contribution in [0.3, 0.4) is 0 Å². The highest BCUT2D eigenvalue weighted by atomic mass is 35.5. The van der Waals surface area contributed by atoms with Gasteiger partial charge in [-0.15, -0.1) is 0 Å². The summed E-state index contributed by atoms with van der Waals surface area (Å²) in [7, 11) is 0. The minimum absolute atomic E-state index is 0.126. The lowest BCUT2D eigenvalue weighted by Crippen LogP contribution is -1.97. The Labute approximate surface area is 79.7 Å². The van der Waals surface area contributed by atoms with Crippen molar-refractivity contribution in [3.05, 3.63) is 40.9 Å². The van der Waals surface area contributed by atoms with E-state index in [1.807, 2.05) is 0 Å². The van der Waals surface area contributed by atoms with Crippen molar-refractivity contribution in [2.24, 2.45) is 5.73 Å². The second-order valence-electron chi connectivity index (χ2n) is 2.78. The third-order valence-corrected chi connectivity index (χ3v) is 2.31. The molecule has 2 aromatic heterocycles. The fourth-order valence-corrected chi connectivity index (χ4v) is 1.51. The van der Waals surface area contributed by atoms with Crippen molar-refractivity contribution in [3.63, 3.8) is 0 Å². The molecule has 0 aliphatic carbocycles. The van der Waals surface area contributed by atoms with E-state index >= 15 is 0 Å². The van der Waals surface area contributed by atoms with E-state index in [-0.39, 0.29) is 5.02 Å². The summed E-state index contributed by atoms with van der Waals surface area (Å²) in [4.78, 5) is 0. The Morgan fingerprint density at radius 1 is 1.38 bits per heavy atom. The first-order valence-electron chi connectivity index (χ1n) is 3.87. The smallest absolute Gasteiger partial charge is 0.166 e. The zero-order valence-corrected chi connectivity index (χ0v) is 7.55. The van der Waals surface area contributed by atoms with Gasteiger partial charge in [-0.3, -0.25) is 0 Å². The highest BCUT2D eigenvalue weighted by molar-refractivity contribution is 6.31. The maximum Gasteiger partial charge on any atom is 0.166 e. The third kappa shape index (κ3) is 1.20. The molecule has 2 heterocycles. The van der Waals surface area contributed by atoms with Crippen molar-refractivity contribution < 1.29 is 4.39 Å². The van der Waals surface area contributed by atoms with Crippen LogP contribution in [0.4, 0.5) is 4.39 Å². The molecule has 0 amide bonds. The second-order valence-corrected chi connectivity index (χ2v) is 3.19. The summed E-state index contributed by atoms with van der Waals surface area (Å²) < 4.78 is 15.1. The van der Waals surface area contributed by atoms with E-state index in [1.54, 1.807) is 22.9 Å². The molecule has 2 aromatic rings. The summed E-state index contributed by atoms with van der Waals surface area (Å²) in [6, 6.07) is 3.30. The zero-order valence-electron chi connectivity index (χ0n) is 6.80. The van der Waals surface area contributed by atoms with E-state index in [4.69, 9.17) is 17.3 Å². The van der Waals surface area contributed by atoms with Gasteiger partial charge in [0.2, 0.25) is 0 Å². The van der Waals surface area contributed by atoms with Crippen LogP contribution in [0.25, 0.3) is 5.52 Å². The average Bonchev–Trinajstić information content (AvgIpc) is 2.55. The standard InChI is InChI=1S/C9H8ClFN2/c10-7-2-4-13-3-1-6(5-12)9(13)8(7)11/h1-4H,5,12H2. The van der Waals surface area contributed by atoms with Crippen LogP contribution >= 0.6 is 11.6 Å². The topological polar surface area (TPSA) is 30.4 Å². The largest absolute Gasteiger partial charge is 0.326 e. The van der Waals surface area contributed by atoms with E-state index in [0.717, 1.165) is 5.56 Å². The first kappa shape index (κ1) is 8.53. The lowest BCUT2D eigenvalue weighted by Gasteiger charge is -2.00. The van der Waals surface area contributed by atoms with Crippen molar-refractivity contribution in [2.75, 3.05) is 0 Å². The minimum Gasteiger partial charge on any atom is -0.326 e. The number of nitrogens with two attached hydrogens (primary N) is 1. The van der Waals surface area contributed by atoms with Crippen molar-refractivity contribution in [3.8, 4) is 0 Å². The van der Waals surface area contributed by atoms with E-state index < -0.39 is 5.82 Å². The van der Waals surface area contributed by atoms with Gasteiger partial charge in [0.25, 0.3) is 0 Å². The molecule has 4 heteroatoms. The summed E-state index contributed by atoms with van der Waals surface area (Å²) in [5.41, 5.74) is 6.69. The highest BCUT2D eigenvalue weighted by Crippen LogP contribution is 2.22. The van der Waals surface area contributed by atoms with Crippen molar-refractivity contribution >= 4 is 17.1 Å². The van der Waals surface area contributed by atoms with Gasteiger partial charge in [0.15, 0.2) is 5.82 Å². The Kier molecular flexibility index (Phi) is 1.98. The van der Waals surface area contributed by atoms with Crippen LogP contribution in [0, 0.1) is 5.82 Å². The van der Waals surface area contributed by atoms with E-state index in [2.05, 4.69) is 0 Å². The van der Waals surface area contributed by atoms with Crippen LogP contribution in [0.5, 0.6) is 0 Å². The number of aromatic nitrogens is 1. The normalized spacial score (nSPS) is 11.0. The van der Waals surface area contributed by atoms with Gasteiger partial charge in [-0.25, -0.2) is 4.39 Å². The number of halogens is 2. The monoisotopic (exact) mass is 198 g/mol. The molecule has 0 fully saturated rings. The number of hydrogen-bond acceptors (Lipinski definition) is 1. The molecule has 0 saturated carbocycles. The number of nitrogens with zero attached hydrogens (tertiary/aromatic N) is 1. The molecule has 0 atom stereocenters. The third-order valence-electron chi connectivity index (χ3n) is 2.02. The van der Waals surface area contributed by atoms with E-state index in [0.29, 0.717) is 12.1 Å². The predicted molar refractivity (Wildman–Crippen MR) is 50.3 cm³/mol. The fraction of sp³-hybridized carbons (Fsp3) is 0.111. The van der Waals surface area contributed by atoms with Gasteiger partial charge < -0.3 is 10.1 Å². The van der Waals surface area contributed by atoms with Crippen LogP contribution in [0.15, 0.2) is 24.5 Å². The Balaban J connectivity index is 2.85. The Morgan fingerprint density at radius 2 is 2.08 bits per heavy atom. The van der Waals surface area contributed by atoms with E-state index in [1.165, 1.54) is 6.07 Å². The maximum atomic E-state index is 13.5. The quantitative estimate of drug-likeness (QED) is 0.748. The highest BCUT2D eigenvalue weighted by Gasteiger charge is 2.09. The van der Waals surface area contributed by atoms with Gasteiger partial charge in [0, 0.05) is 18.9 Å². The molecule has 2 nitrogen and oxygen atoms in total. The van der Waals surface area contributed by atoms with Crippen LogP contribution in [-0.2, 0) is 6.54 Å². The molecule has 2 N–H and O–H groups in total. The molecular formula is C9H8ClFN2. The molecule has 0 unspecified atom stereocenters. The molecule has 0 bridgehead atoms. The van der Waals surface area contributed by atoms with Gasteiger partial charge in [-0.05, 0) is 17.7 Å². The summed E-state index contributed by atoms with van der Waals surface area (Å²) in [6.07, 6.45) is 3.47. The van der Waals surface area contributed by atoms with E-state index in [9.17, 15) is 4.39 Å². The van der Waals surface area contributed by atoms with Crippen LogP contribution in [0.2, 0.25) is 5.02 Å². The van der Waals surface area contributed by atoms with Crippen LogP contribution < -0.4 is 5.73 Å². The van der Waals surface area contributed by atoms with Gasteiger partial charge in [-0.1, -0.05) is 11.6 Å². The Morgan fingerprint density at radius 3 is 2.77 bits per heavy atom. The lowest BCUT2D eigenvalue weighted by molar-refractivity contribution is 0.632.